The Kier molecular flexibility index (Phi) is 5.23. The Labute approximate surface area is 171 Å². The fourth-order valence-electron chi connectivity index (χ4n) is 3.01. The van der Waals surface area contributed by atoms with Crippen molar-refractivity contribution in [3.63, 3.8) is 0 Å². The van der Waals surface area contributed by atoms with Crippen LogP contribution in [0.25, 0.3) is 22.2 Å². The lowest BCUT2D eigenvalue weighted by molar-refractivity contribution is 0.308. The summed E-state index contributed by atoms with van der Waals surface area (Å²) in [7, 11) is -3.74. The lowest BCUT2D eigenvalue weighted by Crippen LogP contribution is -2.28. The van der Waals surface area contributed by atoms with Gasteiger partial charge in [-0.2, -0.15) is 13.5 Å². The number of fused-ring (bicyclic) bond motifs is 1. The molecule has 0 N–H and O–H groups in total. The molecule has 4 aromatic rings. The van der Waals surface area contributed by atoms with E-state index in [0.29, 0.717) is 16.8 Å². The second-order valence-electron chi connectivity index (χ2n) is 6.78. The minimum Gasteiger partial charge on any atom is -0.464 e. The third kappa shape index (κ3) is 4.47. The zero-order valence-electron chi connectivity index (χ0n) is 15.9. The highest BCUT2D eigenvalue weighted by Crippen LogP contribution is 2.24. The smallest absolute Gasteiger partial charge is 0.272 e. The summed E-state index contributed by atoms with van der Waals surface area (Å²) in [6.45, 7) is -0.322. The van der Waals surface area contributed by atoms with Gasteiger partial charge in [0.05, 0.1) is 31.4 Å². The van der Waals surface area contributed by atoms with Gasteiger partial charge in [0.2, 0.25) is 0 Å². The van der Waals surface area contributed by atoms with Crippen LogP contribution in [0.5, 0.6) is 0 Å². The lowest BCUT2D eigenvalue weighted by Gasteiger charge is -2.11. The van der Waals surface area contributed by atoms with Gasteiger partial charge in [-0.1, -0.05) is 12.1 Å². The van der Waals surface area contributed by atoms with E-state index in [4.69, 9.17) is 8.60 Å². The highest BCUT2D eigenvalue weighted by Gasteiger charge is 2.14. The van der Waals surface area contributed by atoms with Crippen molar-refractivity contribution in [1.82, 2.24) is 9.78 Å². The van der Waals surface area contributed by atoms with Gasteiger partial charge < -0.3 is 4.42 Å². The Morgan fingerprint density at radius 2 is 1.87 bits per heavy atom. The van der Waals surface area contributed by atoms with Gasteiger partial charge in [-0.3, -0.25) is 8.98 Å². The molecule has 2 heterocycles. The van der Waals surface area contributed by atoms with Crippen molar-refractivity contribution in [3.05, 3.63) is 88.2 Å². The molecule has 2 aromatic carbocycles. The van der Waals surface area contributed by atoms with Crippen LogP contribution in [0.3, 0.4) is 0 Å². The maximum absolute atomic E-state index is 13.2. The molecule has 0 saturated heterocycles. The van der Waals surface area contributed by atoms with Crippen LogP contribution >= 0.6 is 0 Å². The normalized spacial score (nSPS) is 11.8. The SMILES string of the molecule is CS(=O)(=O)OCc1cc(-c2ccc3occc3c2)nn(Cc2ccc(F)cc2)c1=O. The van der Waals surface area contributed by atoms with Crippen molar-refractivity contribution in [2.24, 2.45) is 0 Å². The molecule has 0 saturated carbocycles. The highest BCUT2D eigenvalue weighted by atomic mass is 32.2. The first-order valence-electron chi connectivity index (χ1n) is 8.96. The molecule has 0 unspecified atom stereocenters. The van der Waals surface area contributed by atoms with Crippen molar-refractivity contribution >= 4 is 21.1 Å². The summed E-state index contributed by atoms with van der Waals surface area (Å²) in [5.41, 5.74) is 2.21. The Morgan fingerprint density at radius 3 is 2.60 bits per heavy atom. The molecule has 30 heavy (non-hydrogen) atoms. The fourth-order valence-corrected chi connectivity index (χ4v) is 3.35. The van der Waals surface area contributed by atoms with Crippen LogP contribution in [0, 0.1) is 5.82 Å². The second-order valence-corrected chi connectivity index (χ2v) is 8.43. The van der Waals surface area contributed by atoms with E-state index in [0.717, 1.165) is 17.2 Å². The minimum absolute atomic E-state index is 0.0901. The number of halogens is 1. The summed E-state index contributed by atoms with van der Waals surface area (Å²) < 4.78 is 47.4. The van der Waals surface area contributed by atoms with E-state index in [1.165, 1.54) is 22.9 Å². The maximum atomic E-state index is 13.2. The molecule has 9 heteroatoms. The molecule has 7 nitrogen and oxygen atoms in total. The van der Waals surface area contributed by atoms with Crippen molar-refractivity contribution in [3.8, 4) is 11.3 Å². The molecule has 0 fully saturated rings. The monoisotopic (exact) mass is 428 g/mol. The number of aromatic nitrogens is 2. The summed E-state index contributed by atoms with van der Waals surface area (Å²) in [4.78, 5) is 12.8. The zero-order chi connectivity index (χ0) is 21.3. The predicted molar refractivity (Wildman–Crippen MR) is 109 cm³/mol. The summed E-state index contributed by atoms with van der Waals surface area (Å²) in [5.74, 6) is -0.386. The number of hydrogen-bond acceptors (Lipinski definition) is 6. The summed E-state index contributed by atoms with van der Waals surface area (Å²) in [5, 5.41) is 5.29. The molecule has 0 atom stereocenters. The van der Waals surface area contributed by atoms with Gasteiger partial charge in [-0.25, -0.2) is 9.07 Å². The molecular weight excluding hydrogens is 411 g/mol. The van der Waals surface area contributed by atoms with Gasteiger partial charge in [0.25, 0.3) is 15.7 Å². The number of rotatable bonds is 6. The van der Waals surface area contributed by atoms with Crippen molar-refractivity contribution in [1.29, 1.82) is 0 Å². The standard InChI is InChI=1S/C21H17FN2O5S/c1-30(26,27)29-13-17-11-19(15-4-7-20-16(10-15)8-9-28-20)23-24(21(17)25)12-14-2-5-18(22)6-3-14/h2-11H,12-13H2,1H3. The average Bonchev–Trinajstić information content (AvgIpc) is 3.17. The molecule has 2 aromatic heterocycles. The first-order valence-corrected chi connectivity index (χ1v) is 10.8. The molecule has 0 aliphatic heterocycles. The number of nitrogens with zero attached hydrogens (tertiary/aromatic N) is 2. The van der Waals surface area contributed by atoms with Gasteiger partial charge in [0, 0.05) is 16.5 Å². The van der Waals surface area contributed by atoms with Crippen LogP contribution in [-0.4, -0.2) is 24.5 Å². The van der Waals surface area contributed by atoms with E-state index < -0.39 is 22.3 Å². The van der Waals surface area contributed by atoms with E-state index in [1.807, 2.05) is 6.07 Å². The Hall–Kier alpha value is -3.30. The van der Waals surface area contributed by atoms with E-state index in [1.54, 1.807) is 36.6 Å². The highest BCUT2D eigenvalue weighted by molar-refractivity contribution is 7.85. The third-order valence-corrected chi connectivity index (χ3v) is 5.02. The first kappa shape index (κ1) is 20.0. The number of hydrogen-bond donors (Lipinski definition) is 0. The topological polar surface area (TPSA) is 91.4 Å². The number of furan rings is 1. The third-order valence-electron chi connectivity index (χ3n) is 4.47. The van der Waals surface area contributed by atoms with E-state index >= 15 is 0 Å². The van der Waals surface area contributed by atoms with E-state index in [9.17, 15) is 17.6 Å². The molecular formula is C21H17FN2O5S. The van der Waals surface area contributed by atoms with Crippen molar-refractivity contribution in [2.45, 2.75) is 13.2 Å². The second kappa shape index (κ2) is 7.85. The predicted octanol–water partition coefficient (Wildman–Crippen LogP) is 3.32. The quantitative estimate of drug-likeness (QED) is 0.438. The summed E-state index contributed by atoms with van der Waals surface area (Å²) in [6.07, 6.45) is 2.49. The van der Waals surface area contributed by atoms with E-state index in [2.05, 4.69) is 5.10 Å². The molecule has 154 valence electrons. The molecule has 0 spiro atoms. The Balaban J connectivity index is 1.79. The van der Waals surface area contributed by atoms with Gasteiger partial charge in [0.15, 0.2) is 0 Å². The average molecular weight is 428 g/mol. The van der Waals surface area contributed by atoms with Crippen LogP contribution < -0.4 is 5.56 Å². The van der Waals surface area contributed by atoms with Crippen LogP contribution in [-0.2, 0) is 27.5 Å². The molecule has 4 rings (SSSR count). The largest absolute Gasteiger partial charge is 0.464 e. The Bertz CT molecular complexity index is 1370. The summed E-state index contributed by atoms with van der Waals surface area (Å²) in [6, 6.07) is 14.5. The van der Waals surface area contributed by atoms with Crippen molar-refractivity contribution in [2.75, 3.05) is 6.26 Å². The van der Waals surface area contributed by atoms with Crippen LogP contribution in [0.15, 0.2) is 70.1 Å². The lowest BCUT2D eigenvalue weighted by atomic mass is 10.1. The van der Waals surface area contributed by atoms with Gasteiger partial charge >= 0.3 is 0 Å². The van der Waals surface area contributed by atoms with Crippen LogP contribution in [0.1, 0.15) is 11.1 Å². The minimum atomic E-state index is -3.74. The first-order chi connectivity index (χ1) is 14.3. The molecule has 0 amide bonds. The molecule has 0 bridgehead atoms. The molecule has 0 aliphatic rings. The van der Waals surface area contributed by atoms with Gasteiger partial charge in [-0.15, -0.1) is 0 Å². The fraction of sp³-hybridized carbons (Fsp3) is 0.143. The van der Waals surface area contributed by atoms with Gasteiger partial charge in [0.1, 0.15) is 11.4 Å². The number of benzene rings is 2. The van der Waals surface area contributed by atoms with E-state index in [-0.39, 0.29) is 17.9 Å². The summed E-state index contributed by atoms with van der Waals surface area (Å²) >= 11 is 0. The van der Waals surface area contributed by atoms with Gasteiger partial charge in [-0.05, 0) is 48.0 Å². The van der Waals surface area contributed by atoms with Crippen LogP contribution in [0.2, 0.25) is 0 Å². The Morgan fingerprint density at radius 1 is 1.10 bits per heavy atom. The molecule has 0 aliphatic carbocycles. The maximum Gasteiger partial charge on any atom is 0.272 e. The zero-order valence-corrected chi connectivity index (χ0v) is 16.7. The van der Waals surface area contributed by atoms with Crippen molar-refractivity contribution < 1.29 is 21.4 Å². The van der Waals surface area contributed by atoms with Crippen LogP contribution in [0.4, 0.5) is 4.39 Å². The molecule has 0 radical (unpaired) electrons.